The van der Waals surface area contributed by atoms with E-state index in [2.05, 4.69) is 20.5 Å². The number of nitrogens with one attached hydrogen (secondary N) is 1. The maximum Gasteiger partial charge on any atom is 0.332 e. The molecule has 2 amide bonds. The number of aryl methyl sites for hydroxylation is 1. The number of carbonyl (C=O) groups excluding carboxylic acids is 1. The second-order valence-corrected chi connectivity index (χ2v) is 2.30. The molecule has 1 aromatic heterocycles. The standard InChI is InChI=1S/C7H9N5O/c1-5-9-2-6(3-10-5)4-11-12-7(8)13/h2-4H,1H3,(H3,8,12,13)/b11-4+. The quantitative estimate of drug-likeness (QED) is 0.485. The van der Waals surface area contributed by atoms with Gasteiger partial charge in [-0.25, -0.2) is 20.2 Å². The maximum atomic E-state index is 10.2. The summed E-state index contributed by atoms with van der Waals surface area (Å²) < 4.78 is 0. The number of carbonyl (C=O) groups is 1. The van der Waals surface area contributed by atoms with E-state index in [0.29, 0.717) is 11.4 Å². The topological polar surface area (TPSA) is 93.3 Å². The summed E-state index contributed by atoms with van der Waals surface area (Å²) in [5.74, 6) is 0.681. The molecule has 0 atom stereocenters. The smallest absolute Gasteiger partial charge is 0.332 e. The molecule has 0 bridgehead atoms. The van der Waals surface area contributed by atoms with E-state index in [4.69, 9.17) is 5.73 Å². The SMILES string of the molecule is Cc1ncc(/C=N/NC(N)=O)cn1. The number of aromatic nitrogens is 2. The molecule has 0 radical (unpaired) electrons. The fourth-order valence-corrected chi connectivity index (χ4v) is 0.640. The van der Waals surface area contributed by atoms with Crippen LogP contribution in [0.1, 0.15) is 11.4 Å². The second-order valence-electron chi connectivity index (χ2n) is 2.30. The summed E-state index contributed by atoms with van der Waals surface area (Å²) in [6.07, 6.45) is 4.59. The van der Waals surface area contributed by atoms with Crippen LogP contribution in [0.4, 0.5) is 4.79 Å². The van der Waals surface area contributed by atoms with Gasteiger partial charge in [0.15, 0.2) is 0 Å². The van der Waals surface area contributed by atoms with Gasteiger partial charge in [-0.05, 0) is 6.92 Å². The van der Waals surface area contributed by atoms with Crippen LogP contribution in [0.5, 0.6) is 0 Å². The fraction of sp³-hybridized carbons (Fsp3) is 0.143. The molecule has 3 N–H and O–H groups in total. The third-order valence-corrected chi connectivity index (χ3v) is 1.19. The van der Waals surface area contributed by atoms with Crippen LogP contribution < -0.4 is 11.2 Å². The van der Waals surface area contributed by atoms with E-state index in [1.807, 2.05) is 0 Å². The number of rotatable bonds is 2. The second kappa shape index (κ2) is 4.15. The normalized spacial score (nSPS) is 10.2. The zero-order valence-electron chi connectivity index (χ0n) is 7.06. The first-order valence-electron chi connectivity index (χ1n) is 3.55. The molecule has 13 heavy (non-hydrogen) atoms. The van der Waals surface area contributed by atoms with Crippen molar-refractivity contribution in [2.45, 2.75) is 6.92 Å². The Morgan fingerprint density at radius 2 is 2.23 bits per heavy atom. The fourth-order valence-electron chi connectivity index (χ4n) is 0.640. The summed E-state index contributed by atoms with van der Waals surface area (Å²) in [5, 5.41) is 3.54. The van der Waals surface area contributed by atoms with Gasteiger partial charge in [-0.1, -0.05) is 0 Å². The highest BCUT2D eigenvalue weighted by Crippen LogP contribution is 1.90. The van der Waals surface area contributed by atoms with Gasteiger partial charge in [-0.2, -0.15) is 5.10 Å². The van der Waals surface area contributed by atoms with Crippen molar-refractivity contribution in [3.63, 3.8) is 0 Å². The highest BCUT2D eigenvalue weighted by atomic mass is 16.2. The van der Waals surface area contributed by atoms with Gasteiger partial charge in [-0.15, -0.1) is 0 Å². The van der Waals surface area contributed by atoms with Gasteiger partial charge in [0, 0.05) is 18.0 Å². The summed E-state index contributed by atoms with van der Waals surface area (Å²) >= 11 is 0. The van der Waals surface area contributed by atoms with Gasteiger partial charge in [0.25, 0.3) is 0 Å². The van der Waals surface area contributed by atoms with Crippen LogP contribution in [0.25, 0.3) is 0 Å². The zero-order chi connectivity index (χ0) is 9.68. The summed E-state index contributed by atoms with van der Waals surface area (Å²) in [6, 6.07) is -0.704. The van der Waals surface area contributed by atoms with Crippen molar-refractivity contribution >= 4 is 12.2 Å². The van der Waals surface area contributed by atoms with Gasteiger partial charge in [0.2, 0.25) is 0 Å². The molecule has 1 aromatic rings. The van der Waals surface area contributed by atoms with E-state index in [0.717, 1.165) is 0 Å². The summed E-state index contributed by atoms with van der Waals surface area (Å²) in [7, 11) is 0. The average Bonchev–Trinajstić information content (AvgIpc) is 2.08. The number of amides is 2. The third-order valence-electron chi connectivity index (χ3n) is 1.19. The summed E-state index contributed by atoms with van der Waals surface area (Å²) in [5.41, 5.74) is 7.54. The van der Waals surface area contributed by atoms with E-state index < -0.39 is 6.03 Å². The van der Waals surface area contributed by atoms with Crippen LogP contribution in [0, 0.1) is 6.92 Å². The Hall–Kier alpha value is -1.98. The molecule has 0 unspecified atom stereocenters. The predicted molar refractivity (Wildman–Crippen MR) is 47.1 cm³/mol. The molecule has 1 rings (SSSR count). The molecule has 0 spiro atoms. The van der Waals surface area contributed by atoms with Crippen molar-refractivity contribution in [3.05, 3.63) is 23.8 Å². The van der Waals surface area contributed by atoms with E-state index in [9.17, 15) is 4.79 Å². The van der Waals surface area contributed by atoms with E-state index >= 15 is 0 Å². The molecule has 0 aliphatic carbocycles. The minimum Gasteiger partial charge on any atom is -0.350 e. The van der Waals surface area contributed by atoms with E-state index in [-0.39, 0.29) is 0 Å². The summed E-state index contributed by atoms with van der Waals surface area (Å²) in [6.45, 7) is 1.78. The average molecular weight is 179 g/mol. The number of nitrogens with zero attached hydrogens (tertiary/aromatic N) is 3. The molecule has 6 heteroatoms. The van der Waals surface area contributed by atoms with Gasteiger partial charge < -0.3 is 5.73 Å². The van der Waals surface area contributed by atoms with Crippen LogP contribution in [-0.4, -0.2) is 22.2 Å². The Labute approximate surface area is 74.9 Å². The van der Waals surface area contributed by atoms with Gasteiger partial charge in [0.05, 0.1) is 6.21 Å². The van der Waals surface area contributed by atoms with Crippen LogP contribution in [0.15, 0.2) is 17.5 Å². The van der Waals surface area contributed by atoms with Gasteiger partial charge >= 0.3 is 6.03 Å². The first-order valence-corrected chi connectivity index (χ1v) is 3.55. The third kappa shape index (κ3) is 3.28. The molecule has 0 saturated carbocycles. The number of urea groups is 1. The Morgan fingerprint density at radius 1 is 1.62 bits per heavy atom. The molecular formula is C7H9N5O. The van der Waals surface area contributed by atoms with Gasteiger partial charge in [0.1, 0.15) is 5.82 Å². The van der Waals surface area contributed by atoms with Crippen LogP contribution in [-0.2, 0) is 0 Å². The molecular weight excluding hydrogens is 170 g/mol. The van der Waals surface area contributed by atoms with Crippen LogP contribution in [0.2, 0.25) is 0 Å². The molecule has 6 nitrogen and oxygen atoms in total. The van der Waals surface area contributed by atoms with Gasteiger partial charge in [-0.3, -0.25) is 0 Å². The molecule has 1 heterocycles. The molecule has 0 aliphatic rings. The van der Waals surface area contributed by atoms with Crippen molar-refractivity contribution in [1.82, 2.24) is 15.4 Å². The first-order chi connectivity index (χ1) is 6.18. The Morgan fingerprint density at radius 3 is 2.77 bits per heavy atom. The predicted octanol–water partition coefficient (Wildman–Crippen LogP) is -0.213. The first kappa shape index (κ1) is 9.11. The molecule has 68 valence electrons. The van der Waals surface area contributed by atoms with Crippen LogP contribution >= 0.6 is 0 Å². The van der Waals surface area contributed by atoms with Crippen molar-refractivity contribution < 1.29 is 4.79 Å². The number of hydrogen-bond acceptors (Lipinski definition) is 4. The largest absolute Gasteiger partial charge is 0.350 e. The monoisotopic (exact) mass is 179 g/mol. The highest BCUT2D eigenvalue weighted by Gasteiger charge is 1.89. The molecule has 0 aliphatic heterocycles. The Bertz CT molecular complexity index is 318. The number of hydrogen-bond donors (Lipinski definition) is 2. The lowest BCUT2D eigenvalue weighted by Gasteiger charge is -1.93. The minimum absolute atomic E-state index is 0.681. The van der Waals surface area contributed by atoms with Crippen molar-refractivity contribution in [2.75, 3.05) is 0 Å². The van der Waals surface area contributed by atoms with Crippen molar-refractivity contribution in [1.29, 1.82) is 0 Å². The molecule has 0 saturated heterocycles. The number of primary amides is 1. The lowest BCUT2D eigenvalue weighted by Crippen LogP contribution is -2.24. The minimum atomic E-state index is -0.704. The number of nitrogens with two attached hydrogens (primary N) is 1. The lowest BCUT2D eigenvalue weighted by atomic mass is 10.4. The molecule has 0 aromatic carbocycles. The van der Waals surface area contributed by atoms with E-state index in [1.54, 1.807) is 19.3 Å². The van der Waals surface area contributed by atoms with Crippen LogP contribution in [0.3, 0.4) is 0 Å². The Kier molecular flexibility index (Phi) is 2.91. The Balaban J connectivity index is 2.59. The lowest BCUT2D eigenvalue weighted by molar-refractivity contribution is 0.249. The zero-order valence-corrected chi connectivity index (χ0v) is 7.06. The molecule has 0 fully saturated rings. The summed E-state index contributed by atoms with van der Waals surface area (Å²) in [4.78, 5) is 18.1. The van der Waals surface area contributed by atoms with E-state index in [1.165, 1.54) is 6.21 Å². The van der Waals surface area contributed by atoms with Crippen molar-refractivity contribution in [3.8, 4) is 0 Å². The van der Waals surface area contributed by atoms with Crippen molar-refractivity contribution in [2.24, 2.45) is 10.8 Å². The highest BCUT2D eigenvalue weighted by molar-refractivity contribution is 5.80. The maximum absolute atomic E-state index is 10.2. The number of hydrazone groups is 1.